The Morgan fingerprint density at radius 2 is 1.89 bits per heavy atom. The highest BCUT2D eigenvalue weighted by Gasteiger charge is 2.04. The lowest BCUT2D eigenvalue weighted by molar-refractivity contribution is -0.115. The van der Waals surface area contributed by atoms with Gasteiger partial charge in [-0.25, -0.2) is 0 Å². The van der Waals surface area contributed by atoms with Crippen molar-refractivity contribution >= 4 is 40.2 Å². The zero-order valence-corrected chi connectivity index (χ0v) is 12.0. The normalized spacial score (nSPS) is 10.1. The van der Waals surface area contributed by atoms with Crippen molar-refractivity contribution in [3.05, 3.63) is 58.6 Å². The molecule has 0 atom stereocenters. The fraction of sp³-hybridized carbons (Fsp3) is 0.0714. The molecule has 2 aromatic carbocycles. The van der Waals surface area contributed by atoms with Gasteiger partial charge in [0.25, 0.3) is 0 Å². The van der Waals surface area contributed by atoms with Crippen LogP contribution in [0, 0.1) is 0 Å². The van der Waals surface area contributed by atoms with Crippen LogP contribution in [0.2, 0.25) is 0 Å². The number of halogens is 1. The van der Waals surface area contributed by atoms with Gasteiger partial charge in [0.15, 0.2) is 0 Å². The molecule has 4 heteroatoms. The summed E-state index contributed by atoms with van der Waals surface area (Å²) in [6, 6.07) is 15.1. The number of hydrogen-bond acceptors (Lipinski definition) is 2. The molecule has 0 heterocycles. The quantitative estimate of drug-likeness (QED) is 0.824. The van der Waals surface area contributed by atoms with E-state index in [-0.39, 0.29) is 5.91 Å². The Labute approximate surface area is 120 Å². The minimum Gasteiger partial charge on any atom is -0.326 e. The van der Waals surface area contributed by atoms with Gasteiger partial charge in [-0.05, 0) is 35.9 Å². The van der Waals surface area contributed by atoms with Crippen LogP contribution in [0.25, 0.3) is 0 Å². The minimum absolute atomic E-state index is 0.0278. The number of benzene rings is 2. The summed E-state index contributed by atoms with van der Waals surface area (Å²) in [7, 11) is 0. The molecule has 0 saturated carbocycles. The Bertz CT molecular complexity index is 554. The third-order valence-electron chi connectivity index (χ3n) is 2.41. The Morgan fingerprint density at radius 3 is 2.56 bits per heavy atom. The maximum absolute atomic E-state index is 11.8. The van der Waals surface area contributed by atoms with Crippen LogP contribution in [-0.2, 0) is 11.2 Å². The molecule has 0 unspecified atom stereocenters. The molecule has 0 fully saturated rings. The number of anilines is 1. The third-order valence-corrected chi connectivity index (χ3v) is 3.20. The smallest absolute Gasteiger partial charge is 0.228 e. The van der Waals surface area contributed by atoms with Gasteiger partial charge in [0.1, 0.15) is 0 Å². The summed E-state index contributed by atoms with van der Waals surface area (Å²) in [5, 5.41) is 2.86. The van der Waals surface area contributed by atoms with E-state index in [9.17, 15) is 4.79 Å². The molecule has 0 radical (unpaired) electrons. The fourth-order valence-corrected chi connectivity index (χ4v) is 2.12. The zero-order chi connectivity index (χ0) is 13.0. The van der Waals surface area contributed by atoms with Crippen molar-refractivity contribution in [3.63, 3.8) is 0 Å². The molecule has 1 amide bonds. The summed E-state index contributed by atoms with van der Waals surface area (Å²) in [6.07, 6.45) is 0.362. The molecular weight excluding hydrogens is 310 g/mol. The molecule has 92 valence electrons. The van der Waals surface area contributed by atoms with Crippen LogP contribution < -0.4 is 5.32 Å². The second-order valence-corrected chi connectivity index (χ2v) is 5.33. The average Bonchev–Trinajstić information content (AvgIpc) is 2.32. The molecule has 0 aliphatic heterocycles. The lowest BCUT2D eigenvalue weighted by atomic mass is 10.1. The first-order valence-electron chi connectivity index (χ1n) is 5.47. The van der Waals surface area contributed by atoms with Crippen molar-refractivity contribution < 1.29 is 4.79 Å². The molecule has 0 aromatic heterocycles. The van der Waals surface area contributed by atoms with E-state index < -0.39 is 0 Å². The van der Waals surface area contributed by atoms with Gasteiger partial charge in [-0.15, -0.1) is 12.6 Å². The lowest BCUT2D eigenvalue weighted by Crippen LogP contribution is -2.14. The summed E-state index contributed by atoms with van der Waals surface area (Å²) in [5.74, 6) is -0.0278. The number of hydrogen-bond donors (Lipinski definition) is 2. The van der Waals surface area contributed by atoms with Gasteiger partial charge < -0.3 is 5.32 Å². The number of thiol groups is 1. The van der Waals surface area contributed by atoms with Crippen LogP contribution >= 0.6 is 28.6 Å². The summed E-state index contributed by atoms with van der Waals surface area (Å²) >= 11 is 7.58. The van der Waals surface area contributed by atoms with E-state index in [0.717, 1.165) is 20.6 Å². The number of carbonyl (C=O) groups is 1. The molecule has 0 saturated heterocycles. The van der Waals surface area contributed by atoms with Crippen molar-refractivity contribution in [1.82, 2.24) is 0 Å². The molecule has 2 nitrogen and oxygen atoms in total. The molecule has 0 bridgehead atoms. The second kappa shape index (κ2) is 6.07. The Balaban J connectivity index is 1.98. The SMILES string of the molecule is O=C(Cc1ccc(S)cc1)Nc1cccc(Br)c1. The minimum atomic E-state index is -0.0278. The van der Waals surface area contributed by atoms with Gasteiger partial charge in [0, 0.05) is 15.1 Å². The first-order chi connectivity index (χ1) is 8.63. The summed E-state index contributed by atoms with van der Waals surface area (Å²) in [5.41, 5.74) is 1.76. The summed E-state index contributed by atoms with van der Waals surface area (Å²) in [6.45, 7) is 0. The van der Waals surface area contributed by atoms with E-state index >= 15 is 0 Å². The number of nitrogens with one attached hydrogen (secondary N) is 1. The van der Waals surface area contributed by atoms with Gasteiger partial charge in [-0.1, -0.05) is 34.1 Å². The first-order valence-corrected chi connectivity index (χ1v) is 6.71. The predicted molar refractivity (Wildman–Crippen MR) is 80.2 cm³/mol. The molecule has 0 spiro atoms. The van der Waals surface area contributed by atoms with Crippen LogP contribution in [0.4, 0.5) is 5.69 Å². The first kappa shape index (κ1) is 13.2. The van der Waals surface area contributed by atoms with E-state index in [4.69, 9.17) is 0 Å². The van der Waals surface area contributed by atoms with Crippen LogP contribution in [0.15, 0.2) is 57.9 Å². The lowest BCUT2D eigenvalue weighted by Gasteiger charge is -2.05. The van der Waals surface area contributed by atoms with Crippen LogP contribution in [0.1, 0.15) is 5.56 Å². The van der Waals surface area contributed by atoms with E-state index in [0.29, 0.717) is 6.42 Å². The molecule has 18 heavy (non-hydrogen) atoms. The van der Waals surface area contributed by atoms with Crippen molar-refractivity contribution in [2.24, 2.45) is 0 Å². The maximum atomic E-state index is 11.8. The monoisotopic (exact) mass is 321 g/mol. The highest BCUT2D eigenvalue weighted by Crippen LogP contribution is 2.16. The molecule has 2 rings (SSSR count). The van der Waals surface area contributed by atoms with Gasteiger partial charge >= 0.3 is 0 Å². The fourth-order valence-electron chi connectivity index (χ4n) is 1.57. The number of rotatable bonds is 3. The molecule has 2 aromatic rings. The number of amides is 1. The van der Waals surface area contributed by atoms with Gasteiger partial charge in [0.2, 0.25) is 5.91 Å². The van der Waals surface area contributed by atoms with E-state index in [2.05, 4.69) is 33.9 Å². The predicted octanol–water partition coefficient (Wildman–Crippen LogP) is 3.92. The van der Waals surface area contributed by atoms with E-state index in [1.54, 1.807) is 0 Å². The van der Waals surface area contributed by atoms with Crippen molar-refractivity contribution in [3.8, 4) is 0 Å². The van der Waals surface area contributed by atoms with Crippen molar-refractivity contribution in [1.29, 1.82) is 0 Å². The Hall–Kier alpha value is -1.26. The highest BCUT2D eigenvalue weighted by molar-refractivity contribution is 9.10. The average molecular weight is 322 g/mol. The van der Waals surface area contributed by atoms with Gasteiger partial charge in [-0.2, -0.15) is 0 Å². The highest BCUT2D eigenvalue weighted by atomic mass is 79.9. The molecule has 1 N–H and O–H groups in total. The topological polar surface area (TPSA) is 29.1 Å². The Kier molecular flexibility index (Phi) is 4.44. The second-order valence-electron chi connectivity index (χ2n) is 3.90. The summed E-state index contributed by atoms with van der Waals surface area (Å²) < 4.78 is 0.944. The van der Waals surface area contributed by atoms with Crippen LogP contribution in [0.3, 0.4) is 0 Å². The van der Waals surface area contributed by atoms with Crippen LogP contribution in [0.5, 0.6) is 0 Å². The molecular formula is C14H12BrNOS. The Morgan fingerprint density at radius 1 is 1.17 bits per heavy atom. The zero-order valence-electron chi connectivity index (χ0n) is 9.56. The van der Waals surface area contributed by atoms with E-state index in [1.165, 1.54) is 0 Å². The molecule has 0 aliphatic rings. The van der Waals surface area contributed by atoms with Crippen molar-refractivity contribution in [2.75, 3.05) is 5.32 Å². The third kappa shape index (κ3) is 3.89. The largest absolute Gasteiger partial charge is 0.326 e. The van der Waals surface area contributed by atoms with Gasteiger partial charge in [0.05, 0.1) is 6.42 Å². The van der Waals surface area contributed by atoms with E-state index in [1.807, 2.05) is 48.5 Å². The summed E-state index contributed by atoms with van der Waals surface area (Å²) in [4.78, 5) is 12.7. The van der Waals surface area contributed by atoms with Crippen LogP contribution in [-0.4, -0.2) is 5.91 Å². The van der Waals surface area contributed by atoms with Gasteiger partial charge in [-0.3, -0.25) is 4.79 Å². The number of carbonyl (C=O) groups excluding carboxylic acids is 1. The standard InChI is InChI=1S/C14H12BrNOS/c15-11-2-1-3-12(9-11)16-14(17)8-10-4-6-13(18)7-5-10/h1-7,9,18H,8H2,(H,16,17). The molecule has 0 aliphatic carbocycles. The maximum Gasteiger partial charge on any atom is 0.228 e. The van der Waals surface area contributed by atoms with Crippen molar-refractivity contribution in [2.45, 2.75) is 11.3 Å².